The van der Waals surface area contributed by atoms with Gasteiger partial charge in [-0.2, -0.15) is 0 Å². The van der Waals surface area contributed by atoms with E-state index in [0.717, 1.165) is 49.8 Å². The molecule has 0 aliphatic heterocycles. The fraction of sp³-hybridized carbons (Fsp3) is 0.107. The van der Waals surface area contributed by atoms with Crippen molar-refractivity contribution in [3.05, 3.63) is 84.6 Å². The first-order valence-corrected chi connectivity index (χ1v) is 11.2. The number of nitrogens with zero attached hydrogens (tertiary/aromatic N) is 4. The number of benzene rings is 3. The van der Waals surface area contributed by atoms with Gasteiger partial charge in [-0.3, -0.25) is 0 Å². The van der Waals surface area contributed by atoms with Gasteiger partial charge in [0.1, 0.15) is 11.5 Å². The summed E-state index contributed by atoms with van der Waals surface area (Å²) in [5.41, 5.74) is 6.01. The van der Waals surface area contributed by atoms with Crippen LogP contribution in [0.1, 0.15) is 30.4 Å². The van der Waals surface area contributed by atoms with Crippen molar-refractivity contribution >= 4 is 38.8 Å². The van der Waals surface area contributed by atoms with Crippen LogP contribution in [0.4, 0.5) is 0 Å². The van der Waals surface area contributed by atoms with Gasteiger partial charge in [0, 0.05) is 38.2 Å². The molecule has 1 N–H and O–H groups in total. The molecule has 0 fully saturated rings. The van der Waals surface area contributed by atoms with Gasteiger partial charge in [0.2, 0.25) is 0 Å². The second kappa shape index (κ2) is 8.79. The van der Waals surface area contributed by atoms with Crippen LogP contribution >= 0.6 is 0 Å². The number of carbonyl (C=O) groups is 1. The van der Waals surface area contributed by atoms with E-state index in [0.29, 0.717) is 5.69 Å². The number of carboxylic acids is 1. The monoisotopic (exact) mass is 640 g/mol. The fourth-order valence-corrected chi connectivity index (χ4v) is 4.72. The van der Waals surface area contributed by atoms with E-state index in [1.807, 2.05) is 42.5 Å². The van der Waals surface area contributed by atoms with E-state index in [-0.39, 0.29) is 32.8 Å². The maximum absolute atomic E-state index is 11.5. The predicted molar refractivity (Wildman–Crippen MR) is 134 cm³/mol. The third-order valence-electron chi connectivity index (χ3n) is 6.18. The number of pyridine rings is 1. The molecule has 35 heavy (non-hydrogen) atoms. The van der Waals surface area contributed by atoms with Crippen molar-refractivity contribution in [1.29, 1.82) is 0 Å². The van der Waals surface area contributed by atoms with Gasteiger partial charge in [0.05, 0.1) is 16.7 Å². The average molecular weight is 641 g/mol. The van der Waals surface area contributed by atoms with Crippen molar-refractivity contribution in [1.82, 2.24) is 19.5 Å². The molecule has 0 spiro atoms. The van der Waals surface area contributed by atoms with Gasteiger partial charge < -0.3 is 14.7 Å². The molecule has 3 aromatic carbocycles. The minimum atomic E-state index is -1.05. The van der Waals surface area contributed by atoms with E-state index in [2.05, 4.69) is 47.7 Å². The summed E-state index contributed by atoms with van der Waals surface area (Å²) in [6.07, 6.45) is 0. The van der Waals surface area contributed by atoms with Crippen molar-refractivity contribution in [2.45, 2.75) is 19.9 Å². The molecule has 0 unspecified atom stereocenters. The quantitative estimate of drug-likeness (QED) is 0.245. The Kier molecular flexibility index (Phi) is 5.78. The second-order valence-electron chi connectivity index (χ2n) is 8.62. The van der Waals surface area contributed by atoms with Gasteiger partial charge in [0.25, 0.3) is 0 Å². The molecule has 0 saturated carbocycles. The van der Waals surface area contributed by atoms with E-state index in [9.17, 15) is 9.90 Å². The average Bonchev–Trinajstić information content (AvgIpc) is 3.42. The molecule has 0 atom stereocenters. The molecular formula is C28H21N4O2Pt-. The summed E-state index contributed by atoms with van der Waals surface area (Å²) >= 11 is 0. The number of carboxylic acid groups (broad SMARTS) is 1. The van der Waals surface area contributed by atoms with Crippen molar-refractivity contribution in [3.63, 3.8) is 0 Å². The largest absolute Gasteiger partial charge is 0.656 e. The molecular weight excluding hydrogens is 619 g/mol. The van der Waals surface area contributed by atoms with Crippen LogP contribution in [0, 0.1) is 0 Å². The van der Waals surface area contributed by atoms with Crippen LogP contribution in [0.25, 0.3) is 55.5 Å². The van der Waals surface area contributed by atoms with Crippen LogP contribution in [0.15, 0.2) is 78.9 Å². The number of aromatic carboxylic acids is 1. The van der Waals surface area contributed by atoms with Gasteiger partial charge in [-0.25, -0.2) is 14.8 Å². The normalized spacial score (nSPS) is 11.4. The number of imidazole rings is 1. The smallest absolute Gasteiger partial charge is 0.354 e. The first-order chi connectivity index (χ1) is 16.5. The minimum Gasteiger partial charge on any atom is -0.656 e. The Morgan fingerprint density at radius 2 is 1.57 bits per heavy atom. The SMILES string of the molecule is CC(C)n1c(-c2cccc3c2[n-]c2ccccc23)nc2c(-c3cccc(C(=O)O)n3)cccc21.[Pt]. The van der Waals surface area contributed by atoms with Gasteiger partial charge in [-0.1, -0.05) is 60.7 Å². The first kappa shape index (κ1) is 23.0. The topological polar surface area (TPSA) is 82.1 Å². The molecule has 3 heterocycles. The predicted octanol–water partition coefficient (Wildman–Crippen LogP) is 6.31. The summed E-state index contributed by atoms with van der Waals surface area (Å²) < 4.78 is 2.22. The minimum absolute atomic E-state index is 0. The van der Waals surface area contributed by atoms with Crippen molar-refractivity contribution < 1.29 is 31.0 Å². The van der Waals surface area contributed by atoms with Gasteiger partial charge in [-0.05, 0) is 42.8 Å². The Morgan fingerprint density at radius 3 is 2.37 bits per heavy atom. The van der Waals surface area contributed by atoms with E-state index < -0.39 is 5.97 Å². The Morgan fingerprint density at radius 1 is 0.857 bits per heavy atom. The van der Waals surface area contributed by atoms with Crippen molar-refractivity contribution in [3.8, 4) is 22.6 Å². The molecule has 0 amide bonds. The molecule has 0 aliphatic rings. The van der Waals surface area contributed by atoms with Crippen LogP contribution in [0.5, 0.6) is 0 Å². The third kappa shape index (κ3) is 3.65. The molecule has 0 radical (unpaired) electrons. The zero-order chi connectivity index (χ0) is 23.4. The van der Waals surface area contributed by atoms with Crippen LogP contribution < -0.4 is 4.98 Å². The Balaban J connectivity index is 0.00000253. The number of hydrogen-bond donors (Lipinski definition) is 1. The summed E-state index contributed by atoms with van der Waals surface area (Å²) in [7, 11) is 0. The zero-order valence-electron chi connectivity index (χ0n) is 19.0. The van der Waals surface area contributed by atoms with E-state index in [1.54, 1.807) is 6.07 Å². The number of aromatic nitrogens is 4. The molecule has 0 aliphatic carbocycles. The number of rotatable bonds is 4. The van der Waals surface area contributed by atoms with E-state index in [4.69, 9.17) is 9.97 Å². The fourth-order valence-electron chi connectivity index (χ4n) is 4.72. The van der Waals surface area contributed by atoms with Crippen LogP contribution in [-0.2, 0) is 21.1 Å². The van der Waals surface area contributed by atoms with Gasteiger partial charge >= 0.3 is 5.97 Å². The summed E-state index contributed by atoms with van der Waals surface area (Å²) in [4.78, 5) is 25.9. The van der Waals surface area contributed by atoms with Crippen LogP contribution in [-0.4, -0.2) is 25.6 Å². The maximum Gasteiger partial charge on any atom is 0.354 e. The number of fused-ring (bicyclic) bond motifs is 4. The van der Waals surface area contributed by atoms with E-state index in [1.165, 1.54) is 6.07 Å². The third-order valence-corrected chi connectivity index (χ3v) is 6.18. The second-order valence-corrected chi connectivity index (χ2v) is 8.62. The summed E-state index contributed by atoms with van der Waals surface area (Å²) in [5.74, 6) is -0.219. The molecule has 7 heteroatoms. The standard InChI is InChI=1S/C28H22N4O2.Pt/c1-16(2)32-24-15-6-10-19(22-13-7-14-23(29-22)28(33)34)26(24)31-27(32)20-11-5-9-18-17-8-3-4-12-21(17)30-25(18)20;/h3-16H,1-2H3,(H2,29,30,31,33,34);/p-1. The van der Waals surface area contributed by atoms with Crippen molar-refractivity contribution in [2.24, 2.45) is 0 Å². The molecule has 6 nitrogen and oxygen atoms in total. The van der Waals surface area contributed by atoms with Crippen molar-refractivity contribution in [2.75, 3.05) is 0 Å². The molecule has 6 aromatic rings. The van der Waals surface area contributed by atoms with Gasteiger partial charge in [-0.15, -0.1) is 11.0 Å². The molecule has 3 aromatic heterocycles. The number of hydrogen-bond acceptors (Lipinski definition) is 3. The first-order valence-electron chi connectivity index (χ1n) is 11.2. The maximum atomic E-state index is 11.5. The van der Waals surface area contributed by atoms with Crippen LogP contribution in [0.3, 0.4) is 0 Å². The summed E-state index contributed by atoms with van der Waals surface area (Å²) in [6.45, 7) is 4.27. The zero-order valence-corrected chi connectivity index (χ0v) is 21.3. The van der Waals surface area contributed by atoms with Crippen LogP contribution in [0.2, 0.25) is 0 Å². The summed E-state index contributed by atoms with van der Waals surface area (Å²) in [6, 6.07) is 25.5. The molecule has 0 bridgehead atoms. The summed E-state index contributed by atoms with van der Waals surface area (Å²) in [5, 5.41) is 11.6. The molecule has 6 rings (SSSR count). The Labute approximate surface area is 215 Å². The molecule has 176 valence electrons. The number of para-hydroxylation sites is 3. The molecule has 0 saturated heterocycles. The Bertz CT molecular complexity index is 1730. The van der Waals surface area contributed by atoms with E-state index >= 15 is 0 Å². The van der Waals surface area contributed by atoms with Gasteiger partial charge in [0.15, 0.2) is 0 Å². The Hall–Kier alpha value is -3.76.